The first-order valence-electron chi connectivity index (χ1n) is 24.9. The first-order valence-corrected chi connectivity index (χ1v) is 24.9. The summed E-state index contributed by atoms with van der Waals surface area (Å²) >= 11 is 0. The normalized spacial score (nSPS) is 11.5. The summed E-state index contributed by atoms with van der Waals surface area (Å²) in [6.45, 7) is 16.5. The third-order valence-corrected chi connectivity index (χ3v) is 11.5. The zero-order valence-corrected chi connectivity index (χ0v) is 40.7. The van der Waals surface area contributed by atoms with Gasteiger partial charge in [0.25, 0.3) is 0 Å². The van der Waals surface area contributed by atoms with Crippen molar-refractivity contribution in [2.24, 2.45) is 11.3 Å². The topological polar surface area (TPSA) is 108 Å². The molecular formula is C52H95NO8. The van der Waals surface area contributed by atoms with E-state index in [0.29, 0.717) is 12.8 Å². The third-order valence-electron chi connectivity index (χ3n) is 11.5. The van der Waals surface area contributed by atoms with Gasteiger partial charge in [-0.3, -0.25) is 19.2 Å². The molecule has 9 nitrogen and oxygen atoms in total. The minimum Gasteiger partial charge on any atom is -0.465 e. The molecule has 0 heterocycles. The van der Waals surface area contributed by atoms with Crippen LogP contribution in [0.25, 0.3) is 0 Å². The number of esters is 4. The van der Waals surface area contributed by atoms with Crippen LogP contribution in [0.1, 0.15) is 227 Å². The average Bonchev–Trinajstić information content (AvgIpc) is 3.21. The van der Waals surface area contributed by atoms with Crippen molar-refractivity contribution in [2.75, 3.05) is 47.1 Å². The molecule has 0 spiro atoms. The van der Waals surface area contributed by atoms with E-state index in [0.717, 1.165) is 122 Å². The molecule has 356 valence electrons. The lowest BCUT2D eigenvalue weighted by Crippen LogP contribution is -2.44. The number of nitrogens with zero attached hydrogens (tertiary/aromatic N) is 1. The van der Waals surface area contributed by atoms with Gasteiger partial charge >= 0.3 is 23.9 Å². The molecule has 0 aromatic rings. The molecule has 9 heteroatoms. The quantitative estimate of drug-likeness (QED) is 0.0256. The Morgan fingerprint density at radius 3 is 1.08 bits per heavy atom. The second-order valence-electron chi connectivity index (χ2n) is 18.7. The average molecular weight is 862 g/mol. The van der Waals surface area contributed by atoms with Gasteiger partial charge in [0.1, 0.15) is 31.8 Å². The molecule has 0 aliphatic rings. The molecule has 0 saturated heterocycles. The van der Waals surface area contributed by atoms with E-state index >= 15 is 0 Å². The standard InChI is InChI=1S/C52H95NO8/c1-9-11-25-34-47(35-26-12-10-2)40-51(57)61-44-52(43-60-50(56)38-31-39-53(7)8,41-58-48(54)36-29-23-19-15-13-17-21-27-32-45(3)4)42-59-49(55)37-30-24-20-16-14-18-22-28-33-46(5)6/h47H,3,5,9-44H2,1-2,4,6-8H3. The lowest BCUT2D eigenvalue weighted by atomic mass is 9.91. The van der Waals surface area contributed by atoms with Gasteiger partial charge in [-0.15, -0.1) is 13.2 Å². The molecule has 0 unspecified atom stereocenters. The first kappa shape index (κ1) is 58.3. The van der Waals surface area contributed by atoms with Crippen LogP contribution in [0.15, 0.2) is 24.3 Å². The Balaban J connectivity index is 5.66. The van der Waals surface area contributed by atoms with Gasteiger partial charge in [-0.2, -0.15) is 0 Å². The number of allylic oxidation sites excluding steroid dienone is 2. The highest BCUT2D eigenvalue weighted by molar-refractivity contribution is 5.71. The van der Waals surface area contributed by atoms with E-state index in [2.05, 4.69) is 40.9 Å². The molecule has 0 radical (unpaired) electrons. The number of hydrogen-bond acceptors (Lipinski definition) is 9. The predicted octanol–water partition coefficient (Wildman–Crippen LogP) is 13.6. The van der Waals surface area contributed by atoms with Crippen LogP contribution in [0.3, 0.4) is 0 Å². The van der Waals surface area contributed by atoms with Crippen molar-refractivity contribution in [3.05, 3.63) is 24.3 Å². The highest BCUT2D eigenvalue weighted by Gasteiger charge is 2.38. The van der Waals surface area contributed by atoms with Crippen LogP contribution < -0.4 is 0 Å². The van der Waals surface area contributed by atoms with Crippen molar-refractivity contribution >= 4 is 23.9 Å². The summed E-state index contributed by atoms with van der Waals surface area (Å²) in [4.78, 5) is 54.7. The van der Waals surface area contributed by atoms with Crippen LogP contribution in [0, 0.1) is 11.3 Å². The number of unbranched alkanes of at least 4 members (excludes halogenated alkanes) is 18. The molecule has 0 aliphatic heterocycles. The number of carbonyl (C=O) groups is 4. The molecule has 0 rings (SSSR count). The van der Waals surface area contributed by atoms with Gasteiger partial charge in [0.05, 0.1) is 0 Å². The molecule has 0 fully saturated rings. The summed E-state index contributed by atoms with van der Waals surface area (Å²) < 4.78 is 23.5. The summed E-state index contributed by atoms with van der Waals surface area (Å²) in [5.41, 5.74) is 1.26. The van der Waals surface area contributed by atoms with Crippen molar-refractivity contribution in [2.45, 2.75) is 227 Å². The van der Waals surface area contributed by atoms with Crippen molar-refractivity contribution in [3.8, 4) is 0 Å². The fourth-order valence-corrected chi connectivity index (χ4v) is 7.46. The Kier molecular flexibility index (Phi) is 38.4. The molecule has 61 heavy (non-hydrogen) atoms. The van der Waals surface area contributed by atoms with E-state index in [1.165, 1.54) is 62.5 Å². The zero-order chi connectivity index (χ0) is 45.4. The van der Waals surface area contributed by atoms with Crippen molar-refractivity contribution in [3.63, 3.8) is 0 Å². The molecule has 0 aliphatic carbocycles. The molecule has 0 bridgehead atoms. The van der Waals surface area contributed by atoms with Crippen LogP contribution in [-0.4, -0.2) is 75.8 Å². The third kappa shape index (κ3) is 38.7. The maximum absolute atomic E-state index is 13.5. The highest BCUT2D eigenvalue weighted by atomic mass is 16.6. The van der Waals surface area contributed by atoms with Crippen LogP contribution in [0.2, 0.25) is 0 Å². The first-order chi connectivity index (χ1) is 29.3. The molecule has 0 aromatic carbocycles. The molecular weight excluding hydrogens is 767 g/mol. The van der Waals surface area contributed by atoms with E-state index in [9.17, 15) is 19.2 Å². The maximum atomic E-state index is 13.5. The number of carbonyl (C=O) groups excluding carboxylic acids is 4. The summed E-state index contributed by atoms with van der Waals surface area (Å²) in [5, 5.41) is 0. The van der Waals surface area contributed by atoms with E-state index in [1.54, 1.807) is 0 Å². The van der Waals surface area contributed by atoms with Gasteiger partial charge in [-0.25, -0.2) is 0 Å². The Morgan fingerprint density at radius 1 is 0.443 bits per heavy atom. The molecule has 0 aromatic heterocycles. The summed E-state index contributed by atoms with van der Waals surface area (Å²) in [5.74, 6) is -1.21. The van der Waals surface area contributed by atoms with Crippen molar-refractivity contribution in [1.29, 1.82) is 0 Å². The Hall–Kier alpha value is -2.68. The van der Waals surface area contributed by atoms with E-state index in [-0.39, 0.29) is 69.5 Å². The minimum absolute atomic E-state index is 0.188. The number of ether oxygens (including phenoxy) is 4. The van der Waals surface area contributed by atoms with Crippen LogP contribution in [0.4, 0.5) is 0 Å². The van der Waals surface area contributed by atoms with Gasteiger partial charge in [0.2, 0.25) is 0 Å². The lowest BCUT2D eigenvalue weighted by molar-refractivity contribution is -0.171. The molecule has 0 atom stereocenters. The van der Waals surface area contributed by atoms with Crippen molar-refractivity contribution in [1.82, 2.24) is 4.90 Å². The van der Waals surface area contributed by atoms with Gasteiger partial charge in [-0.05, 0) is 98.2 Å². The fraction of sp³-hybridized carbons (Fsp3) is 0.846. The fourth-order valence-electron chi connectivity index (χ4n) is 7.46. The number of rotatable bonds is 44. The van der Waals surface area contributed by atoms with Crippen LogP contribution in [0.5, 0.6) is 0 Å². The van der Waals surface area contributed by atoms with Crippen LogP contribution in [-0.2, 0) is 38.1 Å². The number of hydrogen-bond donors (Lipinski definition) is 0. The second-order valence-corrected chi connectivity index (χ2v) is 18.7. The van der Waals surface area contributed by atoms with Crippen LogP contribution >= 0.6 is 0 Å². The summed E-state index contributed by atoms with van der Waals surface area (Å²) in [7, 11) is 3.90. The zero-order valence-electron chi connectivity index (χ0n) is 40.7. The van der Waals surface area contributed by atoms with E-state index in [1.807, 2.05) is 19.0 Å². The van der Waals surface area contributed by atoms with Gasteiger partial charge in [0.15, 0.2) is 0 Å². The Bertz CT molecular complexity index is 1090. The van der Waals surface area contributed by atoms with Crippen molar-refractivity contribution < 1.29 is 38.1 Å². The highest BCUT2D eigenvalue weighted by Crippen LogP contribution is 2.26. The summed E-state index contributed by atoms with van der Waals surface area (Å²) in [6.07, 6.45) is 29.9. The maximum Gasteiger partial charge on any atom is 0.306 e. The smallest absolute Gasteiger partial charge is 0.306 e. The van der Waals surface area contributed by atoms with Gasteiger partial charge in [-0.1, -0.05) is 141 Å². The van der Waals surface area contributed by atoms with Gasteiger partial charge in [0, 0.05) is 25.7 Å². The Labute approximate surface area is 375 Å². The lowest BCUT2D eigenvalue weighted by Gasteiger charge is -2.32. The van der Waals surface area contributed by atoms with E-state index < -0.39 is 11.4 Å². The summed E-state index contributed by atoms with van der Waals surface area (Å²) in [6, 6.07) is 0. The molecule has 0 N–H and O–H groups in total. The SMILES string of the molecule is C=C(C)CCCCCCCCCCC(=O)OCC(COC(=O)CCCCCCCCCCC(=C)C)(COC(=O)CCCN(C)C)COC(=O)CC(CCCCC)CCCCC. The molecule has 0 saturated carbocycles. The largest absolute Gasteiger partial charge is 0.465 e. The van der Waals surface area contributed by atoms with Gasteiger partial charge < -0.3 is 23.8 Å². The monoisotopic (exact) mass is 862 g/mol. The van der Waals surface area contributed by atoms with E-state index in [4.69, 9.17) is 18.9 Å². The second kappa shape index (κ2) is 40.1. The predicted molar refractivity (Wildman–Crippen MR) is 252 cm³/mol. The molecule has 0 amide bonds. The Morgan fingerprint density at radius 2 is 0.754 bits per heavy atom. The minimum atomic E-state index is -1.23.